The molecule has 2 heterocycles. The first kappa shape index (κ1) is 20.2. The Morgan fingerprint density at radius 1 is 1.17 bits per heavy atom. The van der Waals surface area contributed by atoms with E-state index in [1.165, 1.54) is 6.07 Å². The van der Waals surface area contributed by atoms with Crippen LogP contribution in [0, 0.1) is 24.5 Å². The number of carbonyl (C=O) groups is 1. The van der Waals surface area contributed by atoms with Crippen LogP contribution in [0.15, 0.2) is 47.0 Å². The van der Waals surface area contributed by atoms with Crippen LogP contribution >= 0.6 is 0 Å². The highest BCUT2D eigenvalue weighted by Gasteiger charge is 2.27. The molecule has 1 saturated heterocycles. The van der Waals surface area contributed by atoms with E-state index in [1.807, 2.05) is 31.2 Å². The van der Waals surface area contributed by atoms with Gasteiger partial charge in [-0.25, -0.2) is 8.78 Å². The van der Waals surface area contributed by atoms with E-state index >= 15 is 0 Å². The number of para-hydroxylation sites is 1. The molecule has 2 aromatic carbocycles. The van der Waals surface area contributed by atoms with E-state index in [0.717, 1.165) is 23.3 Å². The number of nitrogens with zero attached hydrogens (tertiary/aromatic N) is 3. The maximum Gasteiger partial charge on any atom is 0.257 e. The summed E-state index contributed by atoms with van der Waals surface area (Å²) >= 11 is 0. The highest BCUT2D eigenvalue weighted by atomic mass is 19.1. The average molecular weight is 412 g/mol. The molecule has 0 aliphatic carbocycles. The van der Waals surface area contributed by atoms with Crippen LogP contribution < -0.4 is 5.32 Å². The zero-order chi connectivity index (χ0) is 21.1. The number of benzene rings is 2. The van der Waals surface area contributed by atoms with Crippen LogP contribution in [0.4, 0.5) is 14.5 Å². The van der Waals surface area contributed by atoms with E-state index in [9.17, 15) is 13.6 Å². The lowest BCUT2D eigenvalue weighted by atomic mass is 9.95. The summed E-state index contributed by atoms with van der Waals surface area (Å²) < 4.78 is 32.9. The molecule has 30 heavy (non-hydrogen) atoms. The highest BCUT2D eigenvalue weighted by Crippen LogP contribution is 2.24. The van der Waals surface area contributed by atoms with E-state index in [4.69, 9.17) is 4.52 Å². The van der Waals surface area contributed by atoms with Gasteiger partial charge in [-0.3, -0.25) is 9.69 Å². The number of halogens is 2. The van der Waals surface area contributed by atoms with E-state index in [2.05, 4.69) is 20.4 Å². The summed E-state index contributed by atoms with van der Waals surface area (Å²) in [4.78, 5) is 19.0. The summed E-state index contributed by atoms with van der Waals surface area (Å²) in [6, 6.07) is 11.4. The second-order valence-electron chi connectivity index (χ2n) is 7.52. The number of aryl methyl sites for hydroxylation is 1. The lowest BCUT2D eigenvalue weighted by Gasteiger charge is -2.30. The van der Waals surface area contributed by atoms with Crippen LogP contribution in [0.2, 0.25) is 0 Å². The van der Waals surface area contributed by atoms with E-state index < -0.39 is 11.6 Å². The molecule has 4 rings (SSSR count). The van der Waals surface area contributed by atoms with Crippen molar-refractivity contribution in [2.45, 2.75) is 26.3 Å². The average Bonchev–Trinajstić information content (AvgIpc) is 3.20. The zero-order valence-corrected chi connectivity index (χ0v) is 16.6. The Morgan fingerprint density at radius 3 is 2.57 bits per heavy atom. The molecule has 1 aliphatic heterocycles. The zero-order valence-electron chi connectivity index (χ0n) is 16.6. The van der Waals surface area contributed by atoms with Gasteiger partial charge in [0.1, 0.15) is 17.3 Å². The smallest absolute Gasteiger partial charge is 0.257 e. The van der Waals surface area contributed by atoms with E-state index in [1.54, 1.807) is 0 Å². The van der Waals surface area contributed by atoms with Gasteiger partial charge in [-0.1, -0.05) is 28.9 Å². The second kappa shape index (κ2) is 8.71. The van der Waals surface area contributed by atoms with Crippen LogP contribution in [-0.4, -0.2) is 34.0 Å². The molecule has 0 bridgehead atoms. The Morgan fingerprint density at radius 2 is 1.87 bits per heavy atom. The largest absolute Gasteiger partial charge is 0.334 e. The van der Waals surface area contributed by atoms with E-state index in [0.29, 0.717) is 44.2 Å². The maximum absolute atomic E-state index is 13.7. The number of piperidine rings is 1. The Kier molecular flexibility index (Phi) is 5.85. The van der Waals surface area contributed by atoms with Crippen molar-refractivity contribution in [2.24, 2.45) is 5.92 Å². The third-order valence-corrected chi connectivity index (χ3v) is 5.27. The molecule has 0 spiro atoms. The van der Waals surface area contributed by atoms with Gasteiger partial charge in [0.2, 0.25) is 5.91 Å². The van der Waals surface area contributed by atoms with Crippen LogP contribution in [0.5, 0.6) is 0 Å². The number of nitrogens with one attached hydrogen (secondary N) is 1. The van der Waals surface area contributed by atoms with Crippen LogP contribution in [0.3, 0.4) is 0 Å². The fraction of sp³-hybridized carbons (Fsp3) is 0.318. The van der Waals surface area contributed by atoms with Crippen molar-refractivity contribution < 1.29 is 18.1 Å². The molecular weight excluding hydrogens is 390 g/mol. The Bertz CT molecular complexity index is 1020. The summed E-state index contributed by atoms with van der Waals surface area (Å²) in [5, 5.41) is 6.45. The van der Waals surface area contributed by atoms with Crippen molar-refractivity contribution in [1.29, 1.82) is 0 Å². The summed E-state index contributed by atoms with van der Waals surface area (Å²) in [5.74, 6) is -1.14. The van der Waals surface area contributed by atoms with Gasteiger partial charge in [0.25, 0.3) is 5.89 Å². The number of likely N-dealkylation sites (tertiary alicyclic amines) is 1. The molecule has 1 amide bonds. The van der Waals surface area contributed by atoms with Crippen LogP contribution in [-0.2, 0) is 11.3 Å². The maximum atomic E-state index is 13.7. The Balaban J connectivity index is 1.31. The van der Waals surface area contributed by atoms with Gasteiger partial charge >= 0.3 is 0 Å². The van der Waals surface area contributed by atoms with Gasteiger partial charge in [-0.05, 0) is 57.1 Å². The van der Waals surface area contributed by atoms with Crippen LogP contribution in [0.25, 0.3) is 11.5 Å². The van der Waals surface area contributed by atoms with Gasteiger partial charge in [0.05, 0.1) is 6.54 Å². The molecule has 0 saturated carbocycles. The number of carbonyl (C=O) groups excluding carboxylic acids is 1. The minimum atomic E-state index is -0.776. The van der Waals surface area contributed by atoms with Crippen molar-refractivity contribution in [3.8, 4) is 11.5 Å². The topological polar surface area (TPSA) is 71.3 Å². The van der Waals surface area contributed by atoms with E-state index in [-0.39, 0.29) is 17.5 Å². The standard InChI is InChI=1S/C22H22F2N4O2/c1-14-4-2-5-16(12-14)22-25-19(27-30-22)13-28-10-8-15(9-11-28)21(29)26-20-17(23)6-3-7-18(20)24/h2-7,12,15H,8-11,13H2,1H3,(H,26,29). The normalized spacial score (nSPS) is 15.3. The second-order valence-corrected chi connectivity index (χ2v) is 7.52. The highest BCUT2D eigenvalue weighted by molar-refractivity contribution is 5.92. The van der Waals surface area contributed by atoms with Crippen molar-refractivity contribution in [2.75, 3.05) is 18.4 Å². The van der Waals surface area contributed by atoms with Crippen molar-refractivity contribution in [3.05, 3.63) is 65.5 Å². The first-order valence-corrected chi connectivity index (χ1v) is 9.86. The number of anilines is 1. The molecule has 0 unspecified atom stereocenters. The van der Waals surface area contributed by atoms with Gasteiger partial charge in [0.15, 0.2) is 5.82 Å². The number of hydrogen-bond donors (Lipinski definition) is 1. The number of aromatic nitrogens is 2. The molecule has 156 valence electrons. The summed E-state index contributed by atoms with van der Waals surface area (Å²) in [5.41, 5.74) is 1.60. The third kappa shape index (κ3) is 4.54. The Hall–Kier alpha value is -3.13. The fourth-order valence-electron chi connectivity index (χ4n) is 3.61. The molecule has 0 atom stereocenters. The van der Waals surface area contributed by atoms with Gasteiger partial charge in [-0.15, -0.1) is 0 Å². The third-order valence-electron chi connectivity index (χ3n) is 5.27. The monoisotopic (exact) mass is 412 g/mol. The minimum absolute atomic E-state index is 0.298. The van der Waals surface area contributed by atoms with Crippen molar-refractivity contribution in [3.63, 3.8) is 0 Å². The SMILES string of the molecule is Cc1cccc(-c2nc(CN3CCC(C(=O)Nc4c(F)cccc4F)CC3)no2)c1. The minimum Gasteiger partial charge on any atom is -0.334 e. The number of rotatable bonds is 5. The molecule has 1 aromatic heterocycles. The predicted molar refractivity (Wildman–Crippen MR) is 107 cm³/mol. The molecule has 1 N–H and O–H groups in total. The molecule has 8 heteroatoms. The first-order valence-electron chi connectivity index (χ1n) is 9.86. The van der Waals surface area contributed by atoms with Gasteiger partial charge < -0.3 is 9.84 Å². The van der Waals surface area contributed by atoms with Crippen molar-refractivity contribution in [1.82, 2.24) is 15.0 Å². The molecule has 0 radical (unpaired) electrons. The summed E-state index contributed by atoms with van der Waals surface area (Å²) in [7, 11) is 0. The predicted octanol–water partition coefficient (Wildman–Crippen LogP) is 4.17. The van der Waals surface area contributed by atoms with Gasteiger partial charge in [-0.2, -0.15) is 4.98 Å². The lowest BCUT2D eigenvalue weighted by Crippen LogP contribution is -2.38. The molecule has 1 aliphatic rings. The van der Waals surface area contributed by atoms with Crippen LogP contribution in [0.1, 0.15) is 24.2 Å². The first-order chi connectivity index (χ1) is 14.5. The number of amides is 1. The molecule has 6 nitrogen and oxygen atoms in total. The molecule has 1 fully saturated rings. The van der Waals surface area contributed by atoms with Crippen molar-refractivity contribution >= 4 is 11.6 Å². The quantitative estimate of drug-likeness (QED) is 0.681. The Labute approximate surface area is 172 Å². The summed E-state index contributed by atoms with van der Waals surface area (Å²) in [6.45, 7) is 3.84. The molecular formula is C22H22F2N4O2. The molecule has 3 aromatic rings. The van der Waals surface area contributed by atoms with Gasteiger partial charge in [0, 0.05) is 11.5 Å². The number of hydrogen-bond acceptors (Lipinski definition) is 5. The lowest BCUT2D eigenvalue weighted by molar-refractivity contribution is -0.121. The summed E-state index contributed by atoms with van der Waals surface area (Å²) in [6.07, 6.45) is 1.18. The fourth-order valence-corrected chi connectivity index (χ4v) is 3.61.